The summed E-state index contributed by atoms with van der Waals surface area (Å²) < 4.78 is 0. The minimum Gasteiger partial charge on any atom is -0.388 e. The quantitative estimate of drug-likeness (QED) is 0.801. The molecule has 1 heterocycles. The normalized spacial score (nSPS) is 11.4. The van der Waals surface area contributed by atoms with Crippen LogP contribution in [0.25, 0.3) is 0 Å². The Balaban J connectivity index is 2.47. The first-order chi connectivity index (χ1) is 7.11. The lowest BCUT2D eigenvalue weighted by molar-refractivity contribution is 0.0313. The van der Waals surface area contributed by atoms with E-state index in [9.17, 15) is 9.90 Å². The number of aromatic nitrogens is 1. The molecule has 0 fully saturated rings. The zero-order chi connectivity index (χ0) is 11.3. The molecule has 1 rings (SSSR count). The van der Waals surface area contributed by atoms with Crippen LogP contribution in [-0.2, 0) is 0 Å². The van der Waals surface area contributed by atoms with Gasteiger partial charge in [-0.15, -0.1) is 11.3 Å². The van der Waals surface area contributed by atoms with Gasteiger partial charge in [0.2, 0.25) is 0 Å². The molecule has 4 nitrogen and oxygen atoms in total. The van der Waals surface area contributed by atoms with Gasteiger partial charge in [0.25, 0.3) is 5.91 Å². The van der Waals surface area contributed by atoms with E-state index >= 15 is 0 Å². The van der Waals surface area contributed by atoms with Crippen LogP contribution in [0.2, 0.25) is 0 Å². The molecule has 0 radical (unpaired) electrons. The van der Waals surface area contributed by atoms with Crippen molar-refractivity contribution in [1.29, 1.82) is 0 Å². The highest BCUT2D eigenvalue weighted by Gasteiger charge is 2.23. The summed E-state index contributed by atoms with van der Waals surface area (Å²) in [5.41, 5.74) is 1.22. The maximum absolute atomic E-state index is 11.5. The van der Waals surface area contributed by atoms with Crippen molar-refractivity contribution in [2.45, 2.75) is 32.3 Å². The van der Waals surface area contributed by atoms with Gasteiger partial charge in [-0.05, 0) is 12.8 Å². The zero-order valence-corrected chi connectivity index (χ0v) is 9.80. The Hall–Kier alpha value is -0.940. The van der Waals surface area contributed by atoms with Crippen molar-refractivity contribution < 1.29 is 9.90 Å². The van der Waals surface area contributed by atoms with E-state index in [0.29, 0.717) is 18.5 Å². The molecule has 5 heteroatoms. The first kappa shape index (κ1) is 12.1. The van der Waals surface area contributed by atoms with E-state index in [0.717, 1.165) is 0 Å². The van der Waals surface area contributed by atoms with Crippen molar-refractivity contribution in [3.05, 3.63) is 16.6 Å². The summed E-state index contributed by atoms with van der Waals surface area (Å²) in [6.07, 6.45) is 1.25. The highest BCUT2D eigenvalue weighted by molar-refractivity contribution is 7.07. The molecule has 15 heavy (non-hydrogen) atoms. The fraction of sp³-hybridized carbons (Fsp3) is 0.600. The SMILES string of the molecule is CCC(O)(CC)CNC(=O)c1cscn1. The minimum absolute atomic E-state index is 0.225. The van der Waals surface area contributed by atoms with Crippen LogP contribution in [0.15, 0.2) is 10.9 Å². The van der Waals surface area contributed by atoms with Crippen molar-refractivity contribution in [3.63, 3.8) is 0 Å². The van der Waals surface area contributed by atoms with E-state index in [1.807, 2.05) is 13.8 Å². The van der Waals surface area contributed by atoms with Crippen molar-refractivity contribution >= 4 is 17.2 Å². The Kier molecular flexibility index (Phi) is 4.23. The van der Waals surface area contributed by atoms with Gasteiger partial charge in [-0.2, -0.15) is 0 Å². The summed E-state index contributed by atoms with van der Waals surface area (Å²) in [4.78, 5) is 15.4. The molecule has 1 aromatic heterocycles. The third kappa shape index (κ3) is 3.28. The fourth-order valence-corrected chi connectivity index (χ4v) is 1.69. The minimum atomic E-state index is -0.800. The van der Waals surface area contributed by atoms with Gasteiger partial charge in [0.15, 0.2) is 0 Å². The van der Waals surface area contributed by atoms with Crippen LogP contribution in [0.4, 0.5) is 0 Å². The van der Waals surface area contributed by atoms with Crippen molar-refractivity contribution in [2.24, 2.45) is 0 Å². The number of rotatable bonds is 5. The molecule has 0 bridgehead atoms. The Morgan fingerprint density at radius 2 is 2.27 bits per heavy atom. The molecule has 0 atom stereocenters. The predicted molar refractivity (Wildman–Crippen MR) is 60.0 cm³/mol. The maximum atomic E-state index is 11.5. The van der Waals surface area contributed by atoms with Crippen LogP contribution in [0.3, 0.4) is 0 Å². The second kappa shape index (κ2) is 5.23. The lowest BCUT2D eigenvalue weighted by Crippen LogP contribution is -2.42. The molecule has 84 valence electrons. The monoisotopic (exact) mass is 228 g/mol. The van der Waals surface area contributed by atoms with E-state index in [2.05, 4.69) is 10.3 Å². The van der Waals surface area contributed by atoms with Crippen LogP contribution < -0.4 is 5.32 Å². The van der Waals surface area contributed by atoms with Gasteiger partial charge in [-0.1, -0.05) is 13.8 Å². The molecule has 0 saturated heterocycles. The van der Waals surface area contributed by atoms with E-state index in [1.54, 1.807) is 10.9 Å². The largest absolute Gasteiger partial charge is 0.388 e. The molecule has 0 unspecified atom stereocenters. The number of carbonyl (C=O) groups is 1. The summed E-state index contributed by atoms with van der Waals surface area (Å²) in [7, 11) is 0. The number of carbonyl (C=O) groups excluding carboxylic acids is 1. The molecular formula is C10H16N2O2S. The summed E-state index contributed by atoms with van der Waals surface area (Å²) in [5, 5.41) is 14.3. The average molecular weight is 228 g/mol. The summed E-state index contributed by atoms with van der Waals surface area (Å²) in [6.45, 7) is 4.08. The van der Waals surface area contributed by atoms with Gasteiger partial charge < -0.3 is 10.4 Å². The highest BCUT2D eigenvalue weighted by Crippen LogP contribution is 2.13. The van der Waals surface area contributed by atoms with Crippen LogP contribution in [0, 0.1) is 0 Å². The number of aliphatic hydroxyl groups is 1. The first-order valence-corrected chi connectivity index (χ1v) is 5.94. The molecule has 0 aliphatic carbocycles. The van der Waals surface area contributed by atoms with E-state index in [1.165, 1.54) is 11.3 Å². The number of thiazole rings is 1. The molecule has 0 aromatic carbocycles. The average Bonchev–Trinajstić information content (AvgIpc) is 2.79. The first-order valence-electron chi connectivity index (χ1n) is 5.00. The third-order valence-corrected chi connectivity index (χ3v) is 3.15. The summed E-state index contributed by atoms with van der Waals surface area (Å²) in [5.74, 6) is -0.225. The van der Waals surface area contributed by atoms with E-state index in [-0.39, 0.29) is 12.5 Å². The Morgan fingerprint density at radius 1 is 1.60 bits per heavy atom. The Morgan fingerprint density at radius 3 is 2.73 bits per heavy atom. The number of nitrogens with one attached hydrogen (secondary N) is 1. The zero-order valence-electron chi connectivity index (χ0n) is 8.99. The number of amides is 1. The van der Waals surface area contributed by atoms with Gasteiger partial charge in [-0.3, -0.25) is 4.79 Å². The third-order valence-electron chi connectivity index (χ3n) is 2.56. The molecule has 0 aliphatic heterocycles. The molecular weight excluding hydrogens is 212 g/mol. The molecule has 1 amide bonds. The molecule has 0 saturated carbocycles. The Labute approximate surface area is 93.4 Å². The lowest BCUT2D eigenvalue weighted by atomic mass is 9.97. The number of hydrogen-bond donors (Lipinski definition) is 2. The second-order valence-electron chi connectivity index (χ2n) is 3.49. The highest BCUT2D eigenvalue weighted by atomic mass is 32.1. The second-order valence-corrected chi connectivity index (χ2v) is 4.21. The topological polar surface area (TPSA) is 62.2 Å². The smallest absolute Gasteiger partial charge is 0.270 e. The van der Waals surface area contributed by atoms with Gasteiger partial charge in [0, 0.05) is 11.9 Å². The van der Waals surface area contributed by atoms with Crippen molar-refractivity contribution in [2.75, 3.05) is 6.54 Å². The molecule has 0 spiro atoms. The van der Waals surface area contributed by atoms with Crippen LogP contribution in [0.1, 0.15) is 37.2 Å². The molecule has 0 aliphatic rings. The van der Waals surface area contributed by atoms with Crippen LogP contribution >= 0.6 is 11.3 Å². The summed E-state index contributed by atoms with van der Waals surface area (Å²) >= 11 is 1.38. The van der Waals surface area contributed by atoms with Gasteiger partial charge in [-0.25, -0.2) is 4.98 Å². The Bertz CT molecular complexity index is 307. The van der Waals surface area contributed by atoms with E-state index in [4.69, 9.17) is 0 Å². The fourth-order valence-electron chi connectivity index (χ4n) is 1.16. The summed E-state index contributed by atoms with van der Waals surface area (Å²) in [6, 6.07) is 0. The standard InChI is InChI=1S/C10H16N2O2S/c1-3-10(14,4-2)6-11-9(13)8-5-15-7-12-8/h5,7,14H,3-4,6H2,1-2H3,(H,11,13). The van der Waals surface area contributed by atoms with Crippen molar-refractivity contribution in [1.82, 2.24) is 10.3 Å². The predicted octanol–water partition coefficient (Wildman–Crippen LogP) is 1.42. The maximum Gasteiger partial charge on any atom is 0.270 e. The van der Waals surface area contributed by atoms with Crippen LogP contribution in [0.5, 0.6) is 0 Å². The lowest BCUT2D eigenvalue weighted by Gasteiger charge is -2.25. The number of hydrogen-bond acceptors (Lipinski definition) is 4. The van der Waals surface area contributed by atoms with Gasteiger partial charge in [0.1, 0.15) is 5.69 Å². The van der Waals surface area contributed by atoms with Crippen LogP contribution in [-0.4, -0.2) is 28.1 Å². The van der Waals surface area contributed by atoms with Gasteiger partial charge in [0.05, 0.1) is 11.1 Å². The number of nitrogens with zero attached hydrogens (tertiary/aromatic N) is 1. The molecule has 2 N–H and O–H groups in total. The molecule has 1 aromatic rings. The van der Waals surface area contributed by atoms with Crippen molar-refractivity contribution in [3.8, 4) is 0 Å². The van der Waals surface area contributed by atoms with E-state index < -0.39 is 5.60 Å². The van der Waals surface area contributed by atoms with Gasteiger partial charge >= 0.3 is 0 Å².